The maximum atomic E-state index is 13.5. The third kappa shape index (κ3) is 8.66. The first kappa shape index (κ1) is 37.8. The number of allylic oxidation sites excluding steroid dienone is 1. The second-order valence-electron chi connectivity index (χ2n) is 13.6. The van der Waals surface area contributed by atoms with E-state index < -0.39 is 65.6 Å². The number of likely N-dealkylation sites (N-methyl/N-ethyl adjacent to an activating group) is 1. The summed E-state index contributed by atoms with van der Waals surface area (Å²) in [5.74, 6) is -2.80. The summed E-state index contributed by atoms with van der Waals surface area (Å²) >= 11 is 0. The Hall–Kier alpha value is -1.40. The molecule has 2 aliphatic heterocycles. The minimum Gasteiger partial charge on any atom is -0.459 e. The van der Waals surface area contributed by atoms with Crippen molar-refractivity contribution in [1.29, 1.82) is 0 Å². The van der Waals surface area contributed by atoms with Crippen LogP contribution in [0.4, 0.5) is 0 Å². The average molecular weight is 614 g/mol. The second kappa shape index (κ2) is 15.7. The van der Waals surface area contributed by atoms with Gasteiger partial charge >= 0.3 is 5.97 Å². The highest BCUT2D eigenvalue weighted by Crippen LogP contribution is 2.40. The molecule has 0 aromatic rings. The number of esters is 1. The molecule has 10 heteroatoms. The zero-order valence-corrected chi connectivity index (χ0v) is 28.5. The van der Waals surface area contributed by atoms with Crippen LogP contribution in [0.2, 0.25) is 0 Å². The SMILES string of the molecule is CC[C@H]1OC(=O)[C@H](C)[C@@H](O)[C@H](C)[C@@H](O[C@@H]2O[C@H](C)C[C@H](N(C)C)[C@H]2OC)[C@](C)(OC)C[C@@H](C)/C=C(/C)[C@@H](CC=O)[C@]1(C)O. The van der Waals surface area contributed by atoms with E-state index >= 15 is 0 Å². The first-order chi connectivity index (χ1) is 20.0. The summed E-state index contributed by atoms with van der Waals surface area (Å²) in [6, 6.07) is 0.0400. The van der Waals surface area contributed by atoms with Crippen LogP contribution in [0.3, 0.4) is 0 Å². The Morgan fingerprint density at radius 1 is 1.16 bits per heavy atom. The van der Waals surface area contributed by atoms with Gasteiger partial charge in [0.2, 0.25) is 0 Å². The fraction of sp³-hybridized carbons (Fsp3) is 0.879. The van der Waals surface area contributed by atoms with Gasteiger partial charge in [-0.2, -0.15) is 0 Å². The molecule has 2 rings (SSSR count). The van der Waals surface area contributed by atoms with E-state index in [0.29, 0.717) is 12.8 Å². The van der Waals surface area contributed by atoms with Crippen LogP contribution in [-0.2, 0) is 33.3 Å². The zero-order chi connectivity index (χ0) is 32.9. The molecule has 0 amide bonds. The van der Waals surface area contributed by atoms with Crippen molar-refractivity contribution in [3.63, 3.8) is 0 Å². The monoisotopic (exact) mass is 613 g/mol. The average Bonchev–Trinajstić information content (AvgIpc) is 2.94. The fourth-order valence-corrected chi connectivity index (χ4v) is 7.29. The lowest BCUT2D eigenvalue weighted by Gasteiger charge is -2.48. The van der Waals surface area contributed by atoms with E-state index in [0.717, 1.165) is 18.3 Å². The molecule has 0 bridgehead atoms. The van der Waals surface area contributed by atoms with E-state index in [1.54, 1.807) is 28.1 Å². The molecular formula is C33H59NO9. The number of cyclic esters (lactones) is 1. The van der Waals surface area contributed by atoms with E-state index in [1.807, 2.05) is 54.8 Å². The molecule has 1 fully saturated rings. The molecule has 0 aromatic heterocycles. The third-order valence-electron chi connectivity index (χ3n) is 9.91. The van der Waals surface area contributed by atoms with E-state index in [-0.39, 0.29) is 24.5 Å². The Morgan fingerprint density at radius 2 is 1.79 bits per heavy atom. The van der Waals surface area contributed by atoms with Crippen LogP contribution in [0.15, 0.2) is 11.6 Å². The van der Waals surface area contributed by atoms with Crippen molar-refractivity contribution in [1.82, 2.24) is 4.90 Å². The number of carbonyl (C=O) groups is 2. The lowest BCUT2D eigenvalue weighted by atomic mass is 9.74. The number of hydrogen-bond acceptors (Lipinski definition) is 10. The van der Waals surface area contributed by atoms with Gasteiger partial charge in [-0.25, -0.2) is 0 Å². The van der Waals surface area contributed by atoms with Gasteiger partial charge in [0.05, 0.1) is 29.8 Å². The summed E-state index contributed by atoms with van der Waals surface area (Å²) in [5, 5.41) is 23.4. The van der Waals surface area contributed by atoms with Crippen LogP contribution in [0.25, 0.3) is 0 Å². The highest BCUT2D eigenvalue weighted by molar-refractivity contribution is 5.73. The van der Waals surface area contributed by atoms with Crippen LogP contribution in [0, 0.1) is 23.7 Å². The number of aldehydes is 1. The summed E-state index contributed by atoms with van der Waals surface area (Å²) in [6.45, 7) is 14.8. The molecule has 0 spiro atoms. The Bertz CT molecular complexity index is 939. The molecule has 0 radical (unpaired) electrons. The molecule has 0 saturated carbocycles. The first-order valence-corrected chi connectivity index (χ1v) is 15.8. The molecule has 43 heavy (non-hydrogen) atoms. The number of aliphatic hydroxyl groups excluding tert-OH is 1. The predicted octanol–water partition coefficient (Wildman–Crippen LogP) is 3.75. The van der Waals surface area contributed by atoms with Crippen molar-refractivity contribution in [3.8, 4) is 0 Å². The standard InChI is InChI=1S/C33H59NO9/c1-13-26-33(8,38)24(14-15-35)20(3)16-19(2)18-32(7,40-12)29(22(5)27(36)23(6)30(37)42-26)43-31-28(39-11)25(34(9)10)17-21(4)41-31/h15-16,19,21-29,31,36,38H,13-14,17-18H2,1-12H3/b20-16-/t19-,21+,22-,23+,24+,25-,26+,27-,28+,29+,31-,32+,33-/m0/s1. The van der Waals surface area contributed by atoms with Gasteiger partial charge in [0, 0.05) is 38.5 Å². The van der Waals surface area contributed by atoms with Crippen molar-refractivity contribution in [2.75, 3.05) is 28.3 Å². The minimum atomic E-state index is -1.50. The first-order valence-electron chi connectivity index (χ1n) is 15.8. The van der Waals surface area contributed by atoms with Crippen molar-refractivity contribution in [2.45, 2.75) is 135 Å². The molecule has 2 N–H and O–H groups in total. The van der Waals surface area contributed by atoms with Crippen LogP contribution >= 0.6 is 0 Å². The summed E-state index contributed by atoms with van der Waals surface area (Å²) in [5.41, 5.74) is -1.62. The second-order valence-corrected chi connectivity index (χ2v) is 13.6. The van der Waals surface area contributed by atoms with Crippen LogP contribution in [0.5, 0.6) is 0 Å². The highest BCUT2D eigenvalue weighted by Gasteiger charge is 2.50. The molecule has 250 valence electrons. The van der Waals surface area contributed by atoms with Gasteiger partial charge in [-0.05, 0) is 73.9 Å². The lowest BCUT2D eigenvalue weighted by Crippen LogP contribution is -2.60. The Balaban J connectivity index is 2.67. The number of ether oxygens (including phenoxy) is 5. The van der Waals surface area contributed by atoms with E-state index in [2.05, 4.69) is 11.8 Å². The maximum Gasteiger partial charge on any atom is 0.311 e. The van der Waals surface area contributed by atoms with Gasteiger partial charge < -0.3 is 43.6 Å². The smallest absolute Gasteiger partial charge is 0.311 e. The molecule has 2 heterocycles. The van der Waals surface area contributed by atoms with Crippen LogP contribution in [0.1, 0.15) is 81.1 Å². The van der Waals surface area contributed by atoms with Crippen molar-refractivity contribution < 1.29 is 43.5 Å². The van der Waals surface area contributed by atoms with Gasteiger partial charge in [-0.15, -0.1) is 0 Å². The molecule has 0 unspecified atom stereocenters. The summed E-state index contributed by atoms with van der Waals surface area (Å²) < 4.78 is 31.1. The Labute approximate surface area is 259 Å². The van der Waals surface area contributed by atoms with Gasteiger partial charge in [-0.3, -0.25) is 4.79 Å². The minimum absolute atomic E-state index is 0.0400. The van der Waals surface area contributed by atoms with Gasteiger partial charge in [0.25, 0.3) is 0 Å². The van der Waals surface area contributed by atoms with E-state index in [9.17, 15) is 19.8 Å². The molecule has 10 nitrogen and oxygen atoms in total. The largest absolute Gasteiger partial charge is 0.459 e. The summed E-state index contributed by atoms with van der Waals surface area (Å²) in [7, 11) is 7.26. The lowest BCUT2D eigenvalue weighted by molar-refractivity contribution is -0.304. The summed E-state index contributed by atoms with van der Waals surface area (Å²) in [6.07, 6.45) is 0.495. The number of nitrogens with zero attached hydrogens (tertiary/aromatic N) is 1. The van der Waals surface area contributed by atoms with Gasteiger partial charge in [-0.1, -0.05) is 32.4 Å². The normalized spacial score (nSPS) is 45.1. The van der Waals surface area contributed by atoms with Crippen LogP contribution < -0.4 is 0 Å². The molecule has 13 atom stereocenters. The third-order valence-corrected chi connectivity index (χ3v) is 9.91. The highest BCUT2D eigenvalue weighted by atomic mass is 16.7. The van der Waals surface area contributed by atoms with Crippen molar-refractivity contribution in [2.24, 2.45) is 23.7 Å². The number of methoxy groups -OCH3 is 2. The number of carbonyl (C=O) groups excluding carboxylic acids is 2. The van der Waals surface area contributed by atoms with Gasteiger partial charge in [0.15, 0.2) is 6.29 Å². The summed E-state index contributed by atoms with van der Waals surface area (Å²) in [4.78, 5) is 27.3. The molecule has 1 saturated heterocycles. The topological polar surface area (TPSA) is 124 Å². The number of hydrogen-bond donors (Lipinski definition) is 2. The molecule has 0 aromatic carbocycles. The van der Waals surface area contributed by atoms with Gasteiger partial charge in [0.1, 0.15) is 24.1 Å². The van der Waals surface area contributed by atoms with E-state index in [4.69, 9.17) is 23.7 Å². The number of rotatable bonds is 8. The van der Waals surface area contributed by atoms with E-state index in [1.165, 1.54) is 0 Å². The maximum absolute atomic E-state index is 13.5. The quantitative estimate of drug-likeness (QED) is 0.238. The zero-order valence-electron chi connectivity index (χ0n) is 28.5. The van der Waals surface area contributed by atoms with Crippen molar-refractivity contribution >= 4 is 12.3 Å². The molecule has 2 aliphatic rings. The molecule has 0 aliphatic carbocycles. The Morgan fingerprint density at radius 3 is 2.30 bits per heavy atom. The van der Waals surface area contributed by atoms with Crippen LogP contribution in [-0.4, -0.2) is 110 Å². The fourth-order valence-electron chi connectivity index (χ4n) is 7.29. The van der Waals surface area contributed by atoms with Crippen molar-refractivity contribution in [3.05, 3.63) is 11.6 Å². The Kier molecular flexibility index (Phi) is 13.8. The number of aliphatic hydroxyl groups is 2. The molecular weight excluding hydrogens is 554 g/mol. The predicted molar refractivity (Wildman–Crippen MR) is 164 cm³/mol.